The van der Waals surface area contributed by atoms with Gasteiger partial charge in [0.2, 0.25) is 0 Å². The average molecular weight is 422 g/mol. The highest BCUT2D eigenvalue weighted by Gasteiger charge is 2.10. The first-order valence-corrected chi connectivity index (χ1v) is 7.67. The van der Waals surface area contributed by atoms with Crippen molar-refractivity contribution in [2.45, 2.75) is 6.61 Å². The van der Waals surface area contributed by atoms with Crippen LogP contribution >= 0.6 is 43.5 Å². The van der Waals surface area contributed by atoms with Gasteiger partial charge in [-0.1, -0.05) is 27.5 Å². The monoisotopic (exact) mass is 419 g/mol. The first-order chi connectivity index (χ1) is 9.51. The molecule has 2 aromatic carbocycles. The molecule has 0 spiro atoms. The van der Waals surface area contributed by atoms with E-state index in [1.165, 1.54) is 0 Å². The zero-order valence-corrected chi connectivity index (χ0v) is 14.5. The van der Waals surface area contributed by atoms with Gasteiger partial charge in [-0.3, -0.25) is 0 Å². The normalized spacial score (nSPS) is 10.4. The fourth-order valence-corrected chi connectivity index (χ4v) is 3.10. The Balaban J connectivity index is 2.23. The number of benzene rings is 2. The van der Waals surface area contributed by atoms with Crippen molar-refractivity contribution in [1.29, 1.82) is 0 Å². The topological polar surface area (TPSA) is 44.5 Å². The predicted molar refractivity (Wildman–Crippen MR) is 88.6 cm³/mol. The van der Waals surface area contributed by atoms with E-state index in [1.54, 1.807) is 19.2 Å². The minimum Gasteiger partial charge on any atom is -0.496 e. The van der Waals surface area contributed by atoms with E-state index in [9.17, 15) is 0 Å². The van der Waals surface area contributed by atoms with Gasteiger partial charge in [-0.25, -0.2) is 0 Å². The second-order valence-corrected chi connectivity index (χ2v) is 6.26. The maximum Gasteiger partial charge on any atom is 0.156 e. The second kappa shape index (κ2) is 6.70. The Morgan fingerprint density at radius 1 is 1.20 bits per heavy atom. The summed E-state index contributed by atoms with van der Waals surface area (Å²) >= 11 is 12.7. The molecule has 0 unspecified atom stereocenters. The molecule has 0 aliphatic heterocycles. The molecular formula is C14H12Br2ClNO2. The Hall–Kier alpha value is -0.910. The quantitative estimate of drug-likeness (QED) is 0.704. The summed E-state index contributed by atoms with van der Waals surface area (Å²) in [6.45, 7) is 0.340. The van der Waals surface area contributed by atoms with Crippen LogP contribution in [0.2, 0.25) is 5.02 Å². The van der Waals surface area contributed by atoms with Crippen LogP contribution in [0.3, 0.4) is 0 Å². The third kappa shape index (κ3) is 3.59. The Morgan fingerprint density at radius 3 is 2.60 bits per heavy atom. The number of methoxy groups -OCH3 is 1. The molecule has 0 aliphatic carbocycles. The maximum atomic E-state index is 5.92. The van der Waals surface area contributed by atoms with Crippen LogP contribution in [0.25, 0.3) is 0 Å². The summed E-state index contributed by atoms with van der Waals surface area (Å²) in [6, 6.07) is 9.13. The lowest BCUT2D eigenvalue weighted by atomic mass is 10.2. The van der Waals surface area contributed by atoms with E-state index in [4.69, 9.17) is 26.8 Å². The molecule has 0 aromatic heterocycles. The molecule has 0 heterocycles. The lowest BCUT2D eigenvalue weighted by Crippen LogP contribution is -2.01. The van der Waals surface area contributed by atoms with Crippen molar-refractivity contribution < 1.29 is 9.47 Å². The minimum atomic E-state index is 0.340. The summed E-state index contributed by atoms with van der Waals surface area (Å²) in [5.74, 6) is 1.33. The maximum absolute atomic E-state index is 5.92. The molecule has 0 amide bonds. The van der Waals surface area contributed by atoms with Gasteiger partial charge in [0.1, 0.15) is 12.4 Å². The minimum absolute atomic E-state index is 0.340. The van der Waals surface area contributed by atoms with Gasteiger partial charge in [0.25, 0.3) is 0 Å². The standard InChI is InChI=1S/C14H12Br2ClNO2/c1-19-13-3-2-9(15)4-8(13)7-20-14-11(16)5-10(17)6-12(14)18/h2-6H,7,18H2,1H3. The summed E-state index contributed by atoms with van der Waals surface area (Å²) < 4.78 is 12.8. The number of nitrogen functional groups attached to an aromatic ring is 1. The highest BCUT2D eigenvalue weighted by molar-refractivity contribution is 9.10. The van der Waals surface area contributed by atoms with Crippen LogP contribution in [-0.2, 0) is 6.61 Å². The summed E-state index contributed by atoms with van der Waals surface area (Å²) in [5, 5.41) is 0.557. The fraction of sp³-hybridized carbons (Fsp3) is 0.143. The fourth-order valence-electron chi connectivity index (χ4n) is 1.74. The lowest BCUT2D eigenvalue weighted by molar-refractivity contribution is 0.296. The summed E-state index contributed by atoms with van der Waals surface area (Å²) in [6.07, 6.45) is 0. The molecule has 0 radical (unpaired) electrons. The zero-order chi connectivity index (χ0) is 14.7. The molecule has 2 rings (SSSR count). The van der Waals surface area contributed by atoms with Crippen LogP contribution in [0.15, 0.2) is 39.3 Å². The van der Waals surface area contributed by atoms with E-state index in [2.05, 4.69) is 31.9 Å². The second-order valence-electron chi connectivity index (χ2n) is 4.05. The van der Waals surface area contributed by atoms with Crippen molar-refractivity contribution in [3.63, 3.8) is 0 Å². The molecule has 2 aromatic rings. The Labute approximate surface area is 139 Å². The van der Waals surface area contributed by atoms with Crippen LogP contribution in [0.4, 0.5) is 5.69 Å². The molecule has 6 heteroatoms. The predicted octanol–water partition coefficient (Wildman–Crippen LogP) is 5.03. The molecule has 0 atom stereocenters. The summed E-state index contributed by atoms with van der Waals surface area (Å²) in [5.41, 5.74) is 7.31. The van der Waals surface area contributed by atoms with Gasteiger partial charge >= 0.3 is 0 Å². The van der Waals surface area contributed by atoms with E-state index in [1.807, 2.05) is 18.2 Å². The van der Waals surface area contributed by atoms with Gasteiger partial charge in [0.15, 0.2) is 5.75 Å². The van der Waals surface area contributed by atoms with Crippen molar-refractivity contribution in [2.75, 3.05) is 12.8 Å². The third-order valence-electron chi connectivity index (χ3n) is 2.65. The van der Waals surface area contributed by atoms with Gasteiger partial charge < -0.3 is 15.2 Å². The Bertz CT molecular complexity index is 612. The van der Waals surface area contributed by atoms with E-state index in [-0.39, 0.29) is 0 Å². The van der Waals surface area contributed by atoms with Crippen molar-refractivity contribution in [3.05, 3.63) is 49.9 Å². The molecule has 0 bridgehead atoms. The molecule has 20 heavy (non-hydrogen) atoms. The number of halogens is 3. The molecule has 106 valence electrons. The molecular weight excluding hydrogens is 409 g/mol. The summed E-state index contributed by atoms with van der Waals surface area (Å²) in [7, 11) is 1.62. The number of anilines is 1. The summed E-state index contributed by atoms with van der Waals surface area (Å²) in [4.78, 5) is 0. The molecule has 0 saturated carbocycles. The van der Waals surface area contributed by atoms with E-state index in [0.717, 1.165) is 20.3 Å². The molecule has 0 aliphatic rings. The molecule has 2 N–H and O–H groups in total. The van der Waals surface area contributed by atoms with Gasteiger partial charge in [-0.2, -0.15) is 0 Å². The molecule has 3 nitrogen and oxygen atoms in total. The lowest BCUT2D eigenvalue weighted by Gasteiger charge is -2.13. The van der Waals surface area contributed by atoms with Gasteiger partial charge in [0.05, 0.1) is 17.3 Å². The van der Waals surface area contributed by atoms with Crippen molar-refractivity contribution in [1.82, 2.24) is 0 Å². The van der Waals surface area contributed by atoms with E-state index < -0.39 is 0 Å². The van der Waals surface area contributed by atoms with Crippen LogP contribution in [0.1, 0.15) is 5.56 Å². The van der Waals surface area contributed by atoms with Gasteiger partial charge in [-0.05, 0) is 46.3 Å². The first-order valence-electron chi connectivity index (χ1n) is 5.71. The van der Waals surface area contributed by atoms with Crippen molar-refractivity contribution >= 4 is 49.1 Å². The van der Waals surface area contributed by atoms with Crippen LogP contribution in [0.5, 0.6) is 11.5 Å². The van der Waals surface area contributed by atoms with Gasteiger partial charge in [-0.15, -0.1) is 0 Å². The number of nitrogens with two attached hydrogens (primary N) is 1. The SMILES string of the molecule is COc1ccc(Br)cc1COc1c(N)cc(Cl)cc1Br. The van der Waals surface area contributed by atoms with Crippen LogP contribution in [-0.4, -0.2) is 7.11 Å². The number of hydrogen-bond acceptors (Lipinski definition) is 3. The van der Waals surface area contributed by atoms with Crippen LogP contribution in [0, 0.1) is 0 Å². The van der Waals surface area contributed by atoms with Crippen molar-refractivity contribution in [2.24, 2.45) is 0 Å². The van der Waals surface area contributed by atoms with E-state index >= 15 is 0 Å². The van der Waals surface area contributed by atoms with Crippen molar-refractivity contribution in [3.8, 4) is 11.5 Å². The smallest absolute Gasteiger partial charge is 0.156 e. The number of rotatable bonds is 4. The Kier molecular flexibility index (Phi) is 5.18. The highest BCUT2D eigenvalue weighted by atomic mass is 79.9. The molecule has 0 saturated heterocycles. The largest absolute Gasteiger partial charge is 0.496 e. The number of hydrogen-bond donors (Lipinski definition) is 1. The molecule has 0 fully saturated rings. The van der Waals surface area contributed by atoms with Gasteiger partial charge in [0, 0.05) is 15.1 Å². The van der Waals surface area contributed by atoms with Crippen LogP contribution < -0.4 is 15.2 Å². The number of ether oxygens (including phenoxy) is 2. The first kappa shape index (κ1) is 15.5. The zero-order valence-electron chi connectivity index (χ0n) is 10.6. The highest BCUT2D eigenvalue weighted by Crippen LogP contribution is 2.35. The average Bonchev–Trinajstić information content (AvgIpc) is 2.37. The Morgan fingerprint density at radius 2 is 1.95 bits per heavy atom. The third-order valence-corrected chi connectivity index (χ3v) is 3.95. The van der Waals surface area contributed by atoms with E-state index in [0.29, 0.717) is 23.1 Å².